The quantitative estimate of drug-likeness (QED) is 0.715. The molecule has 2 saturated heterocycles. The molecule has 0 radical (unpaired) electrons. The zero-order chi connectivity index (χ0) is 24.2. The van der Waals surface area contributed by atoms with E-state index in [0.29, 0.717) is 54.5 Å². The number of hydrogen-bond acceptors (Lipinski definition) is 6. The first kappa shape index (κ1) is 23.1. The summed E-state index contributed by atoms with van der Waals surface area (Å²) in [5.74, 6) is 0.335. The summed E-state index contributed by atoms with van der Waals surface area (Å²) < 4.78 is 10.5. The lowest BCUT2D eigenvalue weighted by Crippen LogP contribution is -2.51. The van der Waals surface area contributed by atoms with Gasteiger partial charge >= 0.3 is 0 Å². The Bertz CT molecular complexity index is 1090. The van der Waals surface area contributed by atoms with Crippen LogP contribution in [0, 0.1) is 0 Å². The molecular formula is C24H26N4O6. The number of ether oxygens (including phenoxy) is 2. The highest BCUT2D eigenvalue weighted by Crippen LogP contribution is 2.24. The molecule has 0 spiro atoms. The van der Waals surface area contributed by atoms with Crippen molar-refractivity contribution in [2.24, 2.45) is 0 Å². The number of amides is 4. The van der Waals surface area contributed by atoms with Gasteiger partial charge in [0.2, 0.25) is 11.8 Å². The number of rotatable bonds is 5. The maximum atomic E-state index is 13.0. The highest BCUT2D eigenvalue weighted by Gasteiger charge is 2.27. The van der Waals surface area contributed by atoms with Crippen LogP contribution in [0.15, 0.2) is 42.5 Å². The number of carbonyl (C=O) groups excluding carboxylic acids is 4. The maximum Gasteiger partial charge on any atom is 0.254 e. The van der Waals surface area contributed by atoms with Crippen molar-refractivity contribution in [3.05, 3.63) is 53.6 Å². The number of anilines is 1. The first-order valence-corrected chi connectivity index (χ1v) is 10.9. The summed E-state index contributed by atoms with van der Waals surface area (Å²) in [5, 5.41) is 1.21. The van der Waals surface area contributed by atoms with Crippen LogP contribution in [0.3, 0.4) is 0 Å². The van der Waals surface area contributed by atoms with Crippen molar-refractivity contribution in [1.29, 1.82) is 0 Å². The number of hydrazine groups is 1. The van der Waals surface area contributed by atoms with Gasteiger partial charge in [0, 0.05) is 56.2 Å². The van der Waals surface area contributed by atoms with E-state index in [1.807, 2.05) is 0 Å². The second-order valence-corrected chi connectivity index (χ2v) is 8.00. The number of nitrogens with one attached hydrogen (secondary N) is 1. The Balaban J connectivity index is 1.38. The first-order valence-electron chi connectivity index (χ1n) is 10.9. The number of carbonyl (C=O) groups is 4. The average Bonchev–Trinajstić information content (AvgIpc) is 2.89. The molecule has 1 N–H and O–H groups in total. The van der Waals surface area contributed by atoms with Crippen LogP contribution in [0.5, 0.6) is 11.5 Å². The van der Waals surface area contributed by atoms with E-state index in [1.54, 1.807) is 52.3 Å². The van der Waals surface area contributed by atoms with Crippen LogP contribution in [0.4, 0.5) is 5.69 Å². The number of piperazine rings is 1. The molecule has 10 heteroatoms. The summed E-state index contributed by atoms with van der Waals surface area (Å²) in [5.41, 5.74) is 3.97. The van der Waals surface area contributed by atoms with Crippen molar-refractivity contribution in [1.82, 2.24) is 15.2 Å². The highest BCUT2D eigenvalue weighted by atomic mass is 16.5. The summed E-state index contributed by atoms with van der Waals surface area (Å²) in [7, 11) is 3.06. The minimum Gasteiger partial charge on any atom is -0.497 e. The van der Waals surface area contributed by atoms with Crippen LogP contribution < -0.4 is 19.9 Å². The molecule has 2 fully saturated rings. The van der Waals surface area contributed by atoms with E-state index in [1.165, 1.54) is 19.2 Å². The SMILES string of the molecule is COc1cc(OC)cc(C(=O)N2CCN(C(=O)c3ccc(N4NC(=O)CCC4=O)cc3)CC2)c1. The van der Waals surface area contributed by atoms with Crippen molar-refractivity contribution in [2.75, 3.05) is 45.4 Å². The fourth-order valence-electron chi connectivity index (χ4n) is 3.95. The Hall–Kier alpha value is -4.08. The molecule has 2 aliphatic rings. The zero-order valence-electron chi connectivity index (χ0n) is 19.1. The first-order chi connectivity index (χ1) is 16.4. The van der Waals surface area contributed by atoms with Crippen molar-refractivity contribution in [2.45, 2.75) is 12.8 Å². The largest absolute Gasteiger partial charge is 0.497 e. The smallest absolute Gasteiger partial charge is 0.254 e. The Kier molecular flexibility index (Phi) is 6.67. The molecule has 0 aliphatic carbocycles. The lowest BCUT2D eigenvalue weighted by Gasteiger charge is -2.35. The maximum absolute atomic E-state index is 13.0. The topological polar surface area (TPSA) is 108 Å². The Labute approximate surface area is 197 Å². The standard InChI is InChI=1S/C24H26N4O6/c1-33-19-13-17(14-20(15-19)34-2)24(32)27-11-9-26(10-12-27)23(31)16-3-5-18(6-4-16)28-22(30)8-7-21(29)25-28/h3-6,13-15H,7-12H2,1-2H3,(H,25,29). The van der Waals surface area contributed by atoms with E-state index in [4.69, 9.17) is 9.47 Å². The van der Waals surface area contributed by atoms with Crippen LogP contribution >= 0.6 is 0 Å². The van der Waals surface area contributed by atoms with Gasteiger partial charge in [0.15, 0.2) is 0 Å². The van der Waals surface area contributed by atoms with Gasteiger partial charge in [-0.1, -0.05) is 0 Å². The van der Waals surface area contributed by atoms with Gasteiger partial charge < -0.3 is 19.3 Å². The Morgan fingerprint density at radius 1 is 0.765 bits per heavy atom. The fourth-order valence-corrected chi connectivity index (χ4v) is 3.95. The number of methoxy groups -OCH3 is 2. The molecule has 2 aromatic carbocycles. The normalized spacial score (nSPS) is 16.2. The predicted molar refractivity (Wildman–Crippen MR) is 123 cm³/mol. The molecule has 2 heterocycles. The Morgan fingerprint density at radius 2 is 1.29 bits per heavy atom. The lowest BCUT2D eigenvalue weighted by molar-refractivity contribution is -0.130. The monoisotopic (exact) mass is 466 g/mol. The summed E-state index contributed by atoms with van der Waals surface area (Å²) in [6.07, 6.45) is 0.323. The van der Waals surface area contributed by atoms with E-state index in [-0.39, 0.29) is 36.5 Å². The number of hydrogen-bond donors (Lipinski definition) is 1. The molecular weight excluding hydrogens is 440 g/mol. The van der Waals surface area contributed by atoms with Gasteiger partial charge in [-0.25, -0.2) is 5.01 Å². The second kappa shape index (κ2) is 9.82. The van der Waals surface area contributed by atoms with Crippen molar-refractivity contribution in [3.63, 3.8) is 0 Å². The van der Waals surface area contributed by atoms with Crippen molar-refractivity contribution < 1.29 is 28.7 Å². The molecule has 10 nitrogen and oxygen atoms in total. The zero-order valence-corrected chi connectivity index (χ0v) is 19.1. The molecule has 2 aliphatic heterocycles. The number of nitrogens with zero attached hydrogens (tertiary/aromatic N) is 3. The Morgan fingerprint density at radius 3 is 1.82 bits per heavy atom. The summed E-state index contributed by atoms with van der Waals surface area (Å²) in [6.45, 7) is 1.59. The molecule has 0 bridgehead atoms. The van der Waals surface area contributed by atoms with Gasteiger partial charge in [-0.05, 0) is 36.4 Å². The van der Waals surface area contributed by atoms with Crippen LogP contribution in [0.1, 0.15) is 33.6 Å². The average molecular weight is 466 g/mol. The third-order valence-electron chi connectivity index (χ3n) is 5.88. The molecule has 0 aromatic heterocycles. The summed E-state index contributed by atoms with van der Waals surface area (Å²) >= 11 is 0. The van der Waals surface area contributed by atoms with Crippen LogP contribution in [0.25, 0.3) is 0 Å². The molecule has 34 heavy (non-hydrogen) atoms. The van der Waals surface area contributed by atoms with Gasteiger partial charge in [0.1, 0.15) is 11.5 Å². The lowest BCUT2D eigenvalue weighted by atomic mass is 10.1. The molecule has 4 rings (SSSR count). The molecule has 0 unspecified atom stereocenters. The minimum atomic E-state index is -0.223. The van der Waals surface area contributed by atoms with E-state index < -0.39 is 0 Å². The van der Waals surface area contributed by atoms with Crippen molar-refractivity contribution in [3.8, 4) is 11.5 Å². The third kappa shape index (κ3) is 4.80. The van der Waals surface area contributed by atoms with Crippen LogP contribution in [-0.4, -0.2) is 73.8 Å². The molecule has 0 atom stereocenters. The molecule has 0 saturated carbocycles. The van der Waals surface area contributed by atoms with E-state index in [0.717, 1.165) is 0 Å². The highest BCUT2D eigenvalue weighted by molar-refractivity contribution is 6.02. The van der Waals surface area contributed by atoms with E-state index in [9.17, 15) is 19.2 Å². The van der Waals surface area contributed by atoms with Crippen LogP contribution in [-0.2, 0) is 9.59 Å². The van der Waals surface area contributed by atoms with Gasteiger partial charge in [-0.3, -0.25) is 24.6 Å². The molecule has 178 valence electrons. The van der Waals surface area contributed by atoms with Gasteiger partial charge in [-0.2, -0.15) is 0 Å². The molecule has 2 aromatic rings. The van der Waals surface area contributed by atoms with E-state index in [2.05, 4.69) is 5.43 Å². The minimum absolute atomic E-state index is 0.151. The molecule has 4 amide bonds. The summed E-state index contributed by atoms with van der Waals surface area (Å²) in [6, 6.07) is 11.6. The predicted octanol–water partition coefficient (Wildman–Crippen LogP) is 1.46. The third-order valence-corrected chi connectivity index (χ3v) is 5.88. The number of benzene rings is 2. The van der Waals surface area contributed by atoms with E-state index >= 15 is 0 Å². The fraction of sp³-hybridized carbons (Fsp3) is 0.333. The van der Waals surface area contributed by atoms with Gasteiger partial charge in [-0.15, -0.1) is 0 Å². The van der Waals surface area contributed by atoms with Crippen LogP contribution in [0.2, 0.25) is 0 Å². The van der Waals surface area contributed by atoms with Gasteiger partial charge in [0.25, 0.3) is 11.8 Å². The van der Waals surface area contributed by atoms with Gasteiger partial charge in [0.05, 0.1) is 19.9 Å². The summed E-state index contributed by atoms with van der Waals surface area (Å²) in [4.78, 5) is 53.0. The second-order valence-electron chi connectivity index (χ2n) is 8.00. The van der Waals surface area contributed by atoms with Crippen molar-refractivity contribution >= 4 is 29.3 Å².